The van der Waals surface area contributed by atoms with E-state index in [2.05, 4.69) is 5.32 Å². The van der Waals surface area contributed by atoms with Gasteiger partial charge in [-0.25, -0.2) is 8.42 Å². The minimum atomic E-state index is -4.14. The lowest BCUT2D eigenvalue weighted by molar-refractivity contribution is -0.139. The van der Waals surface area contributed by atoms with Gasteiger partial charge in [0, 0.05) is 18.1 Å². The van der Waals surface area contributed by atoms with Crippen LogP contribution >= 0.6 is 11.6 Å². The fraction of sp³-hybridized carbons (Fsp3) is 0.333. The molecule has 0 aromatic heterocycles. The topological polar surface area (TPSA) is 86.8 Å². The number of nitrogens with one attached hydrogen (secondary N) is 1. The number of rotatable bonds is 11. The third-order valence-corrected chi connectivity index (χ3v) is 8.46. The van der Waals surface area contributed by atoms with Crippen LogP contribution in [0.15, 0.2) is 77.7 Å². The van der Waals surface area contributed by atoms with E-state index in [1.165, 1.54) is 29.2 Å². The number of carbonyl (C=O) groups excluding carboxylic acids is 2. The second kappa shape index (κ2) is 13.1. The van der Waals surface area contributed by atoms with Crippen LogP contribution in [-0.2, 0) is 26.2 Å². The molecule has 2 amide bonds. The highest BCUT2D eigenvalue weighted by Gasteiger charge is 2.32. The van der Waals surface area contributed by atoms with Crippen LogP contribution in [0.1, 0.15) is 37.5 Å². The minimum absolute atomic E-state index is 0.00869. The highest BCUT2D eigenvalue weighted by molar-refractivity contribution is 7.92. The number of hydrogen-bond acceptors (Lipinski definition) is 4. The SMILES string of the molecule is Cc1cccc(N(CC(=O)N(Cc2ccccc2C)[C@@H](C)C(=O)NCC(C)C)S(=O)(=O)c2ccc(Cl)cc2)c1. The standard InChI is InChI=1S/C30H36ClN3O4S/c1-21(2)18-32-30(36)24(5)33(19-25-11-7-6-10-23(25)4)29(35)20-34(27-12-8-9-22(3)17-27)39(37,38)28-15-13-26(31)14-16-28/h6-17,21,24H,18-20H2,1-5H3,(H,32,36)/t24-/m0/s1. The first-order chi connectivity index (χ1) is 18.4. The van der Waals surface area contributed by atoms with Gasteiger partial charge in [0.15, 0.2) is 0 Å². The normalized spacial score (nSPS) is 12.2. The molecule has 9 heteroatoms. The fourth-order valence-electron chi connectivity index (χ4n) is 4.05. The maximum absolute atomic E-state index is 14.0. The molecule has 0 unspecified atom stereocenters. The zero-order valence-corrected chi connectivity index (χ0v) is 24.6. The Morgan fingerprint density at radius 1 is 0.923 bits per heavy atom. The molecule has 0 heterocycles. The van der Waals surface area contributed by atoms with Crippen molar-refractivity contribution >= 4 is 39.1 Å². The van der Waals surface area contributed by atoms with Gasteiger partial charge in [-0.1, -0.05) is 61.8 Å². The summed E-state index contributed by atoms with van der Waals surface area (Å²) < 4.78 is 28.8. The van der Waals surface area contributed by atoms with Gasteiger partial charge in [-0.2, -0.15) is 0 Å². The van der Waals surface area contributed by atoms with Gasteiger partial charge in [0.2, 0.25) is 11.8 Å². The van der Waals surface area contributed by atoms with E-state index in [0.717, 1.165) is 21.0 Å². The summed E-state index contributed by atoms with van der Waals surface area (Å²) >= 11 is 6.00. The van der Waals surface area contributed by atoms with Crippen LogP contribution in [0.3, 0.4) is 0 Å². The molecule has 7 nitrogen and oxygen atoms in total. The zero-order valence-electron chi connectivity index (χ0n) is 23.0. The molecule has 3 aromatic carbocycles. The van der Waals surface area contributed by atoms with Crippen molar-refractivity contribution in [3.63, 3.8) is 0 Å². The smallest absolute Gasteiger partial charge is 0.264 e. The number of hydrogen-bond donors (Lipinski definition) is 1. The van der Waals surface area contributed by atoms with Crippen LogP contribution in [0, 0.1) is 19.8 Å². The average molecular weight is 570 g/mol. The lowest BCUT2D eigenvalue weighted by atomic mass is 10.1. The van der Waals surface area contributed by atoms with Crippen LogP contribution in [0.4, 0.5) is 5.69 Å². The van der Waals surface area contributed by atoms with E-state index < -0.39 is 28.5 Å². The summed E-state index contributed by atoms with van der Waals surface area (Å²) in [4.78, 5) is 28.5. The number of anilines is 1. The number of aryl methyl sites for hydroxylation is 2. The molecule has 0 bridgehead atoms. The molecule has 0 aliphatic rings. The lowest BCUT2D eigenvalue weighted by Crippen LogP contribution is -2.51. The Bertz CT molecular complexity index is 1410. The van der Waals surface area contributed by atoms with Gasteiger partial charge in [0.25, 0.3) is 10.0 Å². The number of nitrogens with zero attached hydrogens (tertiary/aromatic N) is 2. The van der Waals surface area contributed by atoms with Crippen molar-refractivity contribution < 1.29 is 18.0 Å². The number of amides is 2. The number of sulfonamides is 1. The van der Waals surface area contributed by atoms with Crippen molar-refractivity contribution in [1.29, 1.82) is 0 Å². The van der Waals surface area contributed by atoms with Crippen molar-refractivity contribution in [3.05, 3.63) is 94.5 Å². The molecule has 3 rings (SSSR count). The summed E-state index contributed by atoms with van der Waals surface area (Å²) in [5.41, 5.74) is 3.03. The Hall–Kier alpha value is -3.36. The van der Waals surface area contributed by atoms with E-state index in [1.807, 2.05) is 58.0 Å². The van der Waals surface area contributed by atoms with E-state index in [0.29, 0.717) is 17.3 Å². The molecule has 0 aliphatic heterocycles. The molecule has 3 aromatic rings. The third-order valence-electron chi connectivity index (χ3n) is 6.42. The second-order valence-corrected chi connectivity index (χ2v) is 12.4. The third kappa shape index (κ3) is 7.83. The summed E-state index contributed by atoms with van der Waals surface area (Å²) in [5, 5.41) is 3.29. The fourth-order valence-corrected chi connectivity index (χ4v) is 5.58. The number of carbonyl (C=O) groups is 2. The molecule has 39 heavy (non-hydrogen) atoms. The summed E-state index contributed by atoms with van der Waals surface area (Å²) in [6.45, 7) is 9.57. The van der Waals surface area contributed by atoms with Gasteiger partial charge in [-0.3, -0.25) is 13.9 Å². The Balaban J connectivity index is 2.02. The molecule has 1 N–H and O–H groups in total. The molecular formula is C30H36ClN3O4S. The Kier molecular flexibility index (Phi) is 10.2. The number of benzene rings is 3. The molecule has 1 atom stereocenters. The van der Waals surface area contributed by atoms with Gasteiger partial charge in [-0.15, -0.1) is 0 Å². The average Bonchev–Trinajstić information content (AvgIpc) is 2.89. The van der Waals surface area contributed by atoms with E-state index >= 15 is 0 Å². The van der Waals surface area contributed by atoms with Crippen molar-refractivity contribution in [2.75, 3.05) is 17.4 Å². The maximum atomic E-state index is 14.0. The summed E-state index contributed by atoms with van der Waals surface area (Å²) in [5.74, 6) is -0.555. The minimum Gasteiger partial charge on any atom is -0.354 e. The first-order valence-corrected chi connectivity index (χ1v) is 14.7. The predicted molar refractivity (Wildman–Crippen MR) is 156 cm³/mol. The Morgan fingerprint density at radius 2 is 1.59 bits per heavy atom. The summed E-state index contributed by atoms with van der Waals surface area (Å²) in [6, 6.07) is 19.6. The van der Waals surface area contributed by atoms with Gasteiger partial charge in [-0.05, 0) is 79.8 Å². The van der Waals surface area contributed by atoms with Gasteiger partial charge < -0.3 is 10.2 Å². The van der Waals surface area contributed by atoms with Crippen LogP contribution in [0.25, 0.3) is 0 Å². The van der Waals surface area contributed by atoms with Crippen LogP contribution < -0.4 is 9.62 Å². The zero-order chi connectivity index (χ0) is 28.7. The van der Waals surface area contributed by atoms with Crippen molar-refractivity contribution in [3.8, 4) is 0 Å². The van der Waals surface area contributed by atoms with E-state index in [4.69, 9.17) is 11.6 Å². The molecule has 0 radical (unpaired) electrons. The maximum Gasteiger partial charge on any atom is 0.264 e. The van der Waals surface area contributed by atoms with Gasteiger partial charge in [0.05, 0.1) is 10.6 Å². The summed E-state index contributed by atoms with van der Waals surface area (Å²) in [7, 11) is -4.14. The second-order valence-electron chi connectivity index (χ2n) is 10.1. The van der Waals surface area contributed by atoms with Gasteiger partial charge in [0.1, 0.15) is 12.6 Å². The molecular weight excluding hydrogens is 534 g/mol. The Morgan fingerprint density at radius 3 is 2.21 bits per heavy atom. The largest absolute Gasteiger partial charge is 0.354 e. The van der Waals surface area contributed by atoms with E-state index in [9.17, 15) is 18.0 Å². The quantitative estimate of drug-likeness (QED) is 0.338. The van der Waals surface area contributed by atoms with Crippen LogP contribution in [0.5, 0.6) is 0 Å². The molecule has 0 spiro atoms. The van der Waals surface area contributed by atoms with Crippen LogP contribution in [0.2, 0.25) is 5.02 Å². The predicted octanol–water partition coefficient (Wildman–Crippen LogP) is 5.34. The molecule has 0 aliphatic carbocycles. The first-order valence-electron chi connectivity index (χ1n) is 12.9. The van der Waals surface area contributed by atoms with Crippen molar-refractivity contribution in [2.24, 2.45) is 5.92 Å². The van der Waals surface area contributed by atoms with E-state index in [1.54, 1.807) is 25.1 Å². The molecule has 208 valence electrons. The summed E-state index contributed by atoms with van der Waals surface area (Å²) in [6.07, 6.45) is 0. The lowest BCUT2D eigenvalue weighted by Gasteiger charge is -2.32. The van der Waals surface area contributed by atoms with Crippen LogP contribution in [-0.4, -0.2) is 44.3 Å². The molecule has 0 saturated heterocycles. The van der Waals surface area contributed by atoms with Crippen molar-refractivity contribution in [1.82, 2.24) is 10.2 Å². The molecule has 0 fully saturated rings. The highest BCUT2D eigenvalue weighted by atomic mass is 35.5. The number of halogens is 1. The van der Waals surface area contributed by atoms with Crippen molar-refractivity contribution in [2.45, 2.75) is 52.1 Å². The monoisotopic (exact) mass is 569 g/mol. The first kappa shape index (κ1) is 30.2. The Labute approximate surface area is 236 Å². The van der Waals surface area contributed by atoms with E-state index in [-0.39, 0.29) is 23.3 Å². The molecule has 0 saturated carbocycles. The van der Waals surface area contributed by atoms with Gasteiger partial charge >= 0.3 is 0 Å². The highest BCUT2D eigenvalue weighted by Crippen LogP contribution is 2.26.